The van der Waals surface area contributed by atoms with Gasteiger partial charge >= 0.3 is 6.09 Å². The number of amides is 1. The van der Waals surface area contributed by atoms with Crippen LogP contribution >= 0.6 is 0 Å². The van der Waals surface area contributed by atoms with E-state index >= 15 is 0 Å². The molecule has 2 rings (SSSR count). The first kappa shape index (κ1) is 15.5. The fourth-order valence-electron chi connectivity index (χ4n) is 1.67. The number of rotatable bonds is 5. The van der Waals surface area contributed by atoms with Gasteiger partial charge in [0, 0.05) is 12.7 Å². The van der Waals surface area contributed by atoms with Crippen molar-refractivity contribution in [3.8, 4) is 0 Å². The quantitative estimate of drug-likeness (QED) is 0.890. The monoisotopic (exact) mass is 301 g/mol. The zero-order valence-corrected chi connectivity index (χ0v) is 11.8. The van der Waals surface area contributed by atoms with Gasteiger partial charge in [-0.25, -0.2) is 14.2 Å². The van der Waals surface area contributed by atoms with Crippen LogP contribution in [-0.4, -0.2) is 17.6 Å². The lowest BCUT2D eigenvalue weighted by Gasteiger charge is -2.05. The second kappa shape index (κ2) is 7.78. The third-order valence-corrected chi connectivity index (χ3v) is 2.78. The maximum Gasteiger partial charge on any atom is 0.407 e. The van der Waals surface area contributed by atoms with Gasteiger partial charge in [0.1, 0.15) is 6.61 Å². The summed E-state index contributed by atoms with van der Waals surface area (Å²) in [5, 5.41) is 2.56. The zero-order valence-electron chi connectivity index (χ0n) is 11.8. The van der Waals surface area contributed by atoms with Crippen LogP contribution in [0.3, 0.4) is 0 Å². The molecule has 0 aliphatic heterocycles. The molecule has 0 fully saturated rings. The molecular formula is C16H16FN3O2. The van der Waals surface area contributed by atoms with Gasteiger partial charge in [-0.1, -0.05) is 42.5 Å². The van der Waals surface area contributed by atoms with Crippen LogP contribution in [0.15, 0.2) is 48.7 Å². The minimum atomic E-state index is -0.572. The minimum Gasteiger partial charge on any atom is -0.445 e. The van der Waals surface area contributed by atoms with Crippen molar-refractivity contribution >= 4 is 18.0 Å². The Bertz CT molecular complexity index is 660. The van der Waals surface area contributed by atoms with Gasteiger partial charge < -0.3 is 15.8 Å². The van der Waals surface area contributed by atoms with Gasteiger partial charge in [0.25, 0.3) is 0 Å². The first-order chi connectivity index (χ1) is 10.6. The van der Waals surface area contributed by atoms with Crippen LogP contribution < -0.4 is 11.1 Å². The number of nitrogens with one attached hydrogen (secondary N) is 1. The van der Waals surface area contributed by atoms with Gasteiger partial charge in [-0.2, -0.15) is 0 Å². The number of anilines is 1. The van der Waals surface area contributed by atoms with Gasteiger partial charge in [-0.15, -0.1) is 0 Å². The predicted molar refractivity (Wildman–Crippen MR) is 82.3 cm³/mol. The summed E-state index contributed by atoms with van der Waals surface area (Å²) in [5.74, 6) is -0.711. The van der Waals surface area contributed by atoms with E-state index < -0.39 is 11.9 Å². The third kappa shape index (κ3) is 4.90. The summed E-state index contributed by atoms with van der Waals surface area (Å²) >= 11 is 0. The van der Waals surface area contributed by atoms with E-state index in [1.807, 2.05) is 30.3 Å². The van der Waals surface area contributed by atoms with E-state index in [1.54, 1.807) is 12.2 Å². The summed E-state index contributed by atoms with van der Waals surface area (Å²) in [6, 6.07) is 10.7. The fourth-order valence-corrected chi connectivity index (χ4v) is 1.67. The number of hydrogen-bond acceptors (Lipinski definition) is 4. The van der Waals surface area contributed by atoms with Crippen LogP contribution in [0, 0.1) is 5.82 Å². The number of nitrogens with zero attached hydrogens (tertiary/aromatic N) is 1. The molecule has 1 amide bonds. The van der Waals surface area contributed by atoms with Crippen LogP contribution in [0.1, 0.15) is 11.1 Å². The zero-order chi connectivity index (χ0) is 15.8. The molecule has 5 nitrogen and oxygen atoms in total. The number of nitrogens with two attached hydrogens (primary N) is 1. The smallest absolute Gasteiger partial charge is 0.407 e. The lowest BCUT2D eigenvalue weighted by molar-refractivity contribution is 0.141. The van der Waals surface area contributed by atoms with Crippen LogP contribution in [0.2, 0.25) is 0 Å². The average Bonchev–Trinajstić information content (AvgIpc) is 2.54. The van der Waals surface area contributed by atoms with E-state index in [2.05, 4.69) is 10.3 Å². The molecule has 0 aliphatic carbocycles. The molecular weight excluding hydrogens is 285 g/mol. The Morgan fingerprint density at radius 3 is 2.86 bits per heavy atom. The molecule has 3 N–H and O–H groups in total. The van der Waals surface area contributed by atoms with Gasteiger partial charge in [-0.3, -0.25) is 0 Å². The number of alkyl carbamates (subject to hydrolysis) is 1. The number of hydrogen-bond donors (Lipinski definition) is 2. The molecule has 6 heteroatoms. The Labute approximate surface area is 127 Å². The maximum atomic E-state index is 13.2. The van der Waals surface area contributed by atoms with Crippen molar-refractivity contribution in [2.45, 2.75) is 6.61 Å². The number of ether oxygens (including phenoxy) is 1. The van der Waals surface area contributed by atoms with Crippen molar-refractivity contribution in [3.63, 3.8) is 0 Å². The standard InChI is InChI=1S/C16H16FN3O2/c17-14-9-13(10-20-15(14)18)7-4-8-19-16(21)22-11-12-5-2-1-3-6-12/h1-7,9-10H,8,11H2,(H2,18,20)(H,19,21). The molecule has 0 bridgehead atoms. The highest BCUT2D eigenvalue weighted by Crippen LogP contribution is 2.09. The van der Waals surface area contributed by atoms with Gasteiger partial charge in [0.05, 0.1) is 0 Å². The van der Waals surface area contributed by atoms with Crippen molar-refractivity contribution in [2.24, 2.45) is 0 Å². The van der Waals surface area contributed by atoms with E-state index in [0.29, 0.717) is 5.56 Å². The van der Waals surface area contributed by atoms with E-state index in [0.717, 1.165) is 5.56 Å². The molecule has 0 saturated carbocycles. The van der Waals surface area contributed by atoms with E-state index in [9.17, 15) is 9.18 Å². The highest BCUT2D eigenvalue weighted by atomic mass is 19.1. The average molecular weight is 301 g/mol. The molecule has 2 aromatic rings. The Morgan fingerprint density at radius 2 is 2.14 bits per heavy atom. The second-order valence-electron chi connectivity index (χ2n) is 4.48. The van der Waals surface area contributed by atoms with Gasteiger partial charge in [0.2, 0.25) is 0 Å². The van der Waals surface area contributed by atoms with Crippen molar-refractivity contribution in [2.75, 3.05) is 12.3 Å². The highest BCUT2D eigenvalue weighted by Gasteiger charge is 2.01. The topological polar surface area (TPSA) is 77.2 Å². The number of nitrogen functional groups attached to an aromatic ring is 1. The number of carbonyl (C=O) groups excluding carboxylic acids is 1. The summed E-state index contributed by atoms with van der Waals surface area (Å²) in [6.45, 7) is 0.475. The molecule has 0 saturated heterocycles. The van der Waals surface area contributed by atoms with Crippen LogP contribution in [0.5, 0.6) is 0 Å². The predicted octanol–water partition coefficient (Wildman–Crippen LogP) is 2.74. The maximum absolute atomic E-state index is 13.2. The number of pyridine rings is 1. The Morgan fingerprint density at radius 1 is 1.36 bits per heavy atom. The van der Waals surface area contributed by atoms with Crippen molar-refractivity contribution in [1.82, 2.24) is 10.3 Å². The molecule has 0 spiro atoms. The minimum absolute atomic E-state index is 0.139. The van der Waals surface area contributed by atoms with Gasteiger partial charge in [0.15, 0.2) is 11.6 Å². The Hall–Kier alpha value is -2.89. The molecule has 0 unspecified atom stereocenters. The number of benzene rings is 1. The fraction of sp³-hybridized carbons (Fsp3) is 0.125. The van der Waals surface area contributed by atoms with Crippen molar-refractivity contribution < 1.29 is 13.9 Å². The summed E-state index contributed by atoms with van der Waals surface area (Å²) in [4.78, 5) is 15.2. The van der Waals surface area contributed by atoms with Crippen LogP contribution in [0.4, 0.5) is 15.0 Å². The summed E-state index contributed by atoms with van der Waals surface area (Å²) in [5.41, 5.74) is 6.76. The summed E-state index contributed by atoms with van der Waals surface area (Å²) in [6.07, 6.45) is 4.22. The van der Waals surface area contributed by atoms with Crippen molar-refractivity contribution in [1.29, 1.82) is 0 Å². The first-order valence-electron chi connectivity index (χ1n) is 6.67. The molecule has 0 radical (unpaired) electrons. The van der Waals surface area contributed by atoms with Crippen LogP contribution in [0.25, 0.3) is 6.08 Å². The number of carbonyl (C=O) groups is 1. The number of halogens is 1. The first-order valence-corrected chi connectivity index (χ1v) is 6.67. The summed E-state index contributed by atoms with van der Waals surface area (Å²) in [7, 11) is 0. The van der Waals surface area contributed by atoms with Gasteiger partial charge in [-0.05, 0) is 17.2 Å². The lowest BCUT2D eigenvalue weighted by atomic mass is 10.2. The van der Waals surface area contributed by atoms with E-state index in [4.69, 9.17) is 10.5 Å². The number of aromatic nitrogens is 1. The van der Waals surface area contributed by atoms with Crippen molar-refractivity contribution in [3.05, 3.63) is 65.6 Å². The molecule has 22 heavy (non-hydrogen) atoms. The molecule has 0 aliphatic rings. The molecule has 0 atom stereocenters. The normalized spacial score (nSPS) is 10.6. The molecule has 114 valence electrons. The Balaban J connectivity index is 1.72. The lowest BCUT2D eigenvalue weighted by Crippen LogP contribution is -2.24. The third-order valence-electron chi connectivity index (χ3n) is 2.78. The Kier molecular flexibility index (Phi) is 5.48. The largest absolute Gasteiger partial charge is 0.445 e. The molecule has 1 heterocycles. The van der Waals surface area contributed by atoms with E-state index in [1.165, 1.54) is 12.3 Å². The molecule has 1 aromatic carbocycles. The van der Waals surface area contributed by atoms with Crippen LogP contribution in [-0.2, 0) is 11.3 Å². The summed E-state index contributed by atoms with van der Waals surface area (Å²) < 4.78 is 18.2. The highest BCUT2D eigenvalue weighted by molar-refractivity contribution is 5.67. The van der Waals surface area contributed by atoms with E-state index in [-0.39, 0.29) is 19.0 Å². The molecule has 1 aromatic heterocycles. The second-order valence-corrected chi connectivity index (χ2v) is 4.48. The SMILES string of the molecule is Nc1ncc(C=CCNC(=O)OCc2ccccc2)cc1F.